The highest BCUT2D eigenvalue weighted by Gasteiger charge is 2.41. The monoisotopic (exact) mass is 824 g/mol. The van der Waals surface area contributed by atoms with E-state index in [0.29, 0.717) is 47.9 Å². The minimum atomic E-state index is -3.78. The minimum absolute atomic E-state index is 0.204. The van der Waals surface area contributed by atoms with Crippen LogP contribution >= 0.6 is 0 Å². The van der Waals surface area contributed by atoms with E-state index in [2.05, 4.69) is 0 Å². The molecule has 2 aliphatic heterocycles. The lowest BCUT2D eigenvalue weighted by molar-refractivity contribution is -0.150. The molecule has 14 heteroatoms. The minimum Gasteiger partial charge on any atom is -0.461 e. The van der Waals surface area contributed by atoms with Gasteiger partial charge in [0.25, 0.3) is 0 Å². The van der Waals surface area contributed by atoms with Gasteiger partial charge in [-0.25, -0.2) is 16.8 Å². The molecule has 2 aliphatic rings. The highest BCUT2D eigenvalue weighted by molar-refractivity contribution is 7.88. The molecule has 12 nitrogen and oxygen atoms in total. The summed E-state index contributed by atoms with van der Waals surface area (Å²) >= 11 is 0. The average Bonchev–Trinajstić information content (AvgIpc) is 3.95. The predicted molar refractivity (Wildman–Crippen MR) is 218 cm³/mol. The van der Waals surface area contributed by atoms with Gasteiger partial charge >= 0.3 is 11.9 Å². The Morgan fingerprint density at radius 2 is 1.12 bits per heavy atom. The maximum Gasteiger partial charge on any atom is 0.324 e. The van der Waals surface area contributed by atoms with Crippen LogP contribution in [0, 0.1) is 0 Å². The molecule has 5 aromatic rings. The number of carbonyl (C=O) groups excluding carboxylic acids is 3. The first-order chi connectivity index (χ1) is 27.9. The maximum atomic E-state index is 13.2. The van der Waals surface area contributed by atoms with Crippen LogP contribution in [0.15, 0.2) is 121 Å². The van der Waals surface area contributed by atoms with E-state index in [4.69, 9.17) is 9.47 Å². The standard InChI is InChI=1S/C44H44N2O10S2/c47-41(27-55-43(49)39-17-9-25-45(39)57(51,52)29-31-11-3-1-4-12-31)34-21-19-33(20-22-34)35-23-24-38(37-16-8-7-15-36(35)37)42(48)28-56-44(50)40-18-10-26-46(40)58(53,54)30-32-13-5-2-6-14-32/h1-8,11-16,19-24,39-40,42,48H,9-10,17-18,25-30H2. The van der Waals surface area contributed by atoms with Crippen LogP contribution in [-0.2, 0) is 50.6 Å². The molecule has 5 aromatic carbocycles. The molecule has 0 radical (unpaired) electrons. The maximum absolute atomic E-state index is 13.2. The normalized spacial score (nSPS) is 18.2. The highest BCUT2D eigenvalue weighted by Crippen LogP contribution is 2.34. The van der Waals surface area contributed by atoms with Gasteiger partial charge in [0, 0.05) is 18.7 Å². The van der Waals surface area contributed by atoms with Gasteiger partial charge in [0.05, 0.1) is 11.5 Å². The number of hydrogen-bond acceptors (Lipinski definition) is 10. The zero-order chi connectivity index (χ0) is 40.9. The fraction of sp³-hybridized carbons (Fsp3) is 0.295. The lowest BCUT2D eigenvalue weighted by Crippen LogP contribution is -2.42. The molecule has 2 saturated heterocycles. The van der Waals surface area contributed by atoms with Crippen LogP contribution < -0.4 is 0 Å². The van der Waals surface area contributed by atoms with Crippen molar-refractivity contribution in [2.75, 3.05) is 26.3 Å². The fourth-order valence-corrected chi connectivity index (χ4v) is 11.2. The third kappa shape index (κ3) is 9.22. The molecular formula is C44H44N2O10S2. The number of nitrogens with zero attached hydrogens (tertiary/aromatic N) is 2. The molecule has 0 aliphatic carbocycles. The van der Waals surface area contributed by atoms with Crippen molar-refractivity contribution in [1.29, 1.82) is 0 Å². The van der Waals surface area contributed by atoms with E-state index in [1.165, 1.54) is 8.61 Å². The van der Waals surface area contributed by atoms with Gasteiger partial charge < -0.3 is 14.6 Å². The van der Waals surface area contributed by atoms with Crippen LogP contribution in [0.5, 0.6) is 0 Å². The SMILES string of the molecule is O=C(COC(=O)C1CCCN1S(=O)(=O)Cc1ccccc1)c1ccc(-c2ccc(C(O)COC(=O)C3CCCN3S(=O)(=O)Cc3ccccc3)c3ccccc23)cc1. The van der Waals surface area contributed by atoms with Crippen LogP contribution in [0.25, 0.3) is 21.9 Å². The fourth-order valence-electron chi connectivity index (χ4n) is 7.72. The number of benzene rings is 5. The van der Waals surface area contributed by atoms with Crippen LogP contribution in [-0.4, -0.2) is 86.7 Å². The zero-order valence-corrected chi connectivity index (χ0v) is 33.3. The molecule has 1 N–H and O–H groups in total. The Hall–Kier alpha value is -5.25. The second-order valence-corrected chi connectivity index (χ2v) is 18.4. The lowest BCUT2D eigenvalue weighted by atomic mass is 9.92. The molecule has 3 atom stereocenters. The molecule has 3 unspecified atom stereocenters. The number of aliphatic hydroxyl groups excluding tert-OH is 1. The summed E-state index contributed by atoms with van der Waals surface area (Å²) < 4.78 is 66.0. The van der Waals surface area contributed by atoms with E-state index in [1.807, 2.05) is 30.3 Å². The molecule has 0 amide bonds. The summed E-state index contributed by atoms with van der Waals surface area (Å²) in [4.78, 5) is 39.3. The largest absolute Gasteiger partial charge is 0.461 e. The van der Waals surface area contributed by atoms with Gasteiger partial charge in [-0.2, -0.15) is 8.61 Å². The van der Waals surface area contributed by atoms with Gasteiger partial charge in [0.15, 0.2) is 12.4 Å². The van der Waals surface area contributed by atoms with Crippen molar-refractivity contribution in [3.63, 3.8) is 0 Å². The summed E-state index contributed by atoms with van der Waals surface area (Å²) in [7, 11) is -7.56. The number of sulfonamides is 2. The number of ketones is 1. The van der Waals surface area contributed by atoms with E-state index in [9.17, 15) is 36.3 Å². The van der Waals surface area contributed by atoms with Crippen molar-refractivity contribution in [3.05, 3.63) is 144 Å². The lowest BCUT2D eigenvalue weighted by Gasteiger charge is -2.23. The number of ether oxygens (including phenoxy) is 2. The first-order valence-corrected chi connectivity index (χ1v) is 22.4. The van der Waals surface area contributed by atoms with Gasteiger partial charge in [-0.1, -0.05) is 121 Å². The molecule has 0 aromatic heterocycles. The Kier molecular flexibility index (Phi) is 12.5. The summed E-state index contributed by atoms with van der Waals surface area (Å²) in [5.41, 5.74) is 3.66. The Morgan fingerprint density at radius 3 is 1.67 bits per heavy atom. The number of fused-ring (bicyclic) bond motifs is 1. The van der Waals surface area contributed by atoms with Crippen LogP contribution in [0.1, 0.15) is 58.8 Å². The second kappa shape index (κ2) is 17.7. The van der Waals surface area contributed by atoms with E-state index in [0.717, 1.165) is 21.9 Å². The van der Waals surface area contributed by atoms with Crippen LogP contribution in [0.3, 0.4) is 0 Å². The number of carbonyl (C=O) groups is 3. The van der Waals surface area contributed by atoms with Gasteiger partial charge in [-0.3, -0.25) is 14.4 Å². The molecule has 302 valence electrons. The number of esters is 2. The Morgan fingerprint density at radius 1 is 0.621 bits per heavy atom. The molecule has 0 spiro atoms. The zero-order valence-electron chi connectivity index (χ0n) is 31.7. The summed E-state index contributed by atoms with van der Waals surface area (Å²) in [6.45, 7) is -0.482. The third-order valence-corrected chi connectivity index (χ3v) is 14.3. The molecule has 58 heavy (non-hydrogen) atoms. The van der Waals surface area contributed by atoms with E-state index in [1.54, 1.807) is 91.0 Å². The van der Waals surface area contributed by atoms with E-state index < -0.39 is 62.6 Å². The molecule has 2 fully saturated rings. The summed E-state index contributed by atoms with van der Waals surface area (Å²) in [6.07, 6.45) is 0.480. The number of rotatable bonds is 15. The Balaban J connectivity index is 0.969. The van der Waals surface area contributed by atoms with Crippen LogP contribution in [0.2, 0.25) is 0 Å². The third-order valence-electron chi connectivity index (χ3n) is 10.6. The first-order valence-electron chi connectivity index (χ1n) is 19.1. The molecule has 0 saturated carbocycles. The molecule has 0 bridgehead atoms. The van der Waals surface area contributed by atoms with Crippen molar-refractivity contribution in [2.45, 2.75) is 55.4 Å². The topological polar surface area (TPSA) is 165 Å². The van der Waals surface area contributed by atoms with Crippen molar-refractivity contribution >= 4 is 48.5 Å². The summed E-state index contributed by atoms with van der Waals surface area (Å²) in [5, 5.41) is 12.8. The van der Waals surface area contributed by atoms with E-state index >= 15 is 0 Å². The molecule has 2 heterocycles. The Labute approximate surface area is 338 Å². The smallest absolute Gasteiger partial charge is 0.324 e. The first kappa shape index (κ1) is 40.9. The summed E-state index contributed by atoms with van der Waals surface area (Å²) in [5.74, 6) is -2.36. The quantitative estimate of drug-likeness (QED) is 0.101. The van der Waals surface area contributed by atoms with Gasteiger partial charge in [0.2, 0.25) is 20.0 Å². The number of Topliss-reactive ketones (excluding diaryl/α,β-unsaturated/α-hetero) is 1. The molecule has 7 rings (SSSR count). The van der Waals surface area contributed by atoms with Gasteiger partial charge in [0.1, 0.15) is 24.8 Å². The van der Waals surface area contributed by atoms with Gasteiger partial charge in [-0.15, -0.1) is 0 Å². The molecular weight excluding hydrogens is 781 g/mol. The highest BCUT2D eigenvalue weighted by atomic mass is 32.2. The van der Waals surface area contributed by atoms with Gasteiger partial charge in [-0.05, 0) is 64.3 Å². The van der Waals surface area contributed by atoms with Crippen molar-refractivity contribution in [1.82, 2.24) is 8.61 Å². The van der Waals surface area contributed by atoms with Crippen molar-refractivity contribution in [2.24, 2.45) is 0 Å². The predicted octanol–water partition coefficient (Wildman–Crippen LogP) is 5.80. The van der Waals surface area contributed by atoms with E-state index in [-0.39, 0.29) is 31.2 Å². The van der Waals surface area contributed by atoms with Crippen molar-refractivity contribution < 1.29 is 45.8 Å². The second-order valence-electron chi connectivity index (χ2n) is 14.5. The number of hydrogen-bond donors (Lipinski definition) is 1. The van der Waals surface area contributed by atoms with Crippen molar-refractivity contribution in [3.8, 4) is 11.1 Å². The Bertz CT molecular complexity index is 2500. The average molecular weight is 825 g/mol. The number of aliphatic hydroxyl groups is 1. The van der Waals surface area contributed by atoms with Crippen LogP contribution in [0.4, 0.5) is 0 Å². The summed E-state index contributed by atoms with van der Waals surface area (Å²) in [6, 6.07) is 33.3.